The van der Waals surface area contributed by atoms with Crippen molar-refractivity contribution < 1.29 is 18.7 Å². The Morgan fingerprint density at radius 2 is 1.96 bits per heavy atom. The number of rotatable bonds is 5. The molecule has 0 radical (unpaired) electrons. The lowest BCUT2D eigenvalue weighted by molar-refractivity contribution is -0.135. The first-order valence-electron chi connectivity index (χ1n) is 9.41. The number of hydrogen-bond acceptors (Lipinski definition) is 4. The van der Waals surface area contributed by atoms with Gasteiger partial charge in [-0.25, -0.2) is 4.39 Å². The molecule has 1 fully saturated rings. The van der Waals surface area contributed by atoms with E-state index in [2.05, 4.69) is 23.1 Å². The van der Waals surface area contributed by atoms with Crippen molar-refractivity contribution in [1.29, 1.82) is 0 Å². The van der Waals surface area contributed by atoms with Crippen molar-refractivity contribution in [3.8, 4) is 11.5 Å². The summed E-state index contributed by atoms with van der Waals surface area (Å²) in [6, 6.07) is 10.3. The van der Waals surface area contributed by atoms with Crippen LogP contribution in [0.25, 0.3) is 0 Å². The number of carbonyl (C=O) groups excluding carboxylic acids is 1. The number of piperazine rings is 1. The number of fused-ring (bicyclic) bond motifs is 1. The average molecular weight is 405 g/mol. The lowest BCUT2D eigenvalue weighted by atomic mass is 10.1. The maximum Gasteiger partial charge on any atom is 0.260 e. The number of amides is 1. The van der Waals surface area contributed by atoms with Crippen LogP contribution < -0.4 is 9.47 Å². The number of ether oxygens (including phenoxy) is 2. The molecular formula is C21H22ClFN2O3. The topological polar surface area (TPSA) is 42.0 Å². The van der Waals surface area contributed by atoms with E-state index in [4.69, 9.17) is 21.1 Å². The molecule has 5 nitrogen and oxygen atoms in total. The molecule has 2 aliphatic rings. The molecule has 28 heavy (non-hydrogen) atoms. The zero-order valence-corrected chi connectivity index (χ0v) is 16.3. The van der Waals surface area contributed by atoms with Crippen LogP contribution in [0.15, 0.2) is 36.4 Å². The Morgan fingerprint density at radius 1 is 1.14 bits per heavy atom. The van der Waals surface area contributed by atoms with Gasteiger partial charge in [0, 0.05) is 39.1 Å². The van der Waals surface area contributed by atoms with E-state index < -0.39 is 5.82 Å². The maximum atomic E-state index is 13.1. The van der Waals surface area contributed by atoms with Crippen LogP contribution in [0.3, 0.4) is 0 Å². The summed E-state index contributed by atoms with van der Waals surface area (Å²) in [6.45, 7) is 4.49. The van der Waals surface area contributed by atoms with Gasteiger partial charge in [-0.2, -0.15) is 0 Å². The summed E-state index contributed by atoms with van der Waals surface area (Å²) in [5.74, 6) is 0.793. The molecule has 2 heterocycles. The largest absolute Gasteiger partial charge is 0.493 e. The summed E-state index contributed by atoms with van der Waals surface area (Å²) < 4.78 is 24.1. The Morgan fingerprint density at radius 3 is 2.75 bits per heavy atom. The van der Waals surface area contributed by atoms with Gasteiger partial charge in [0.1, 0.15) is 17.3 Å². The van der Waals surface area contributed by atoms with Gasteiger partial charge in [-0.15, -0.1) is 0 Å². The van der Waals surface area contributed by atoms with Gasteiger partial charge in [-0.05, 0) is 35.4 Å². The van der Waals surface area contributed by atoms with Crippen LogP contribution in [0.4, 0.5) is 4.39 Å². The van der Waals surface area contributed by atoms with Crippen molar-refractivity contribution >= 4 is 17.5 Å². The predicted octanol–water partition coefficient (Wildman–Crippen LogP) is 3.14. The minimum atomic E-state index is -0.435. The molecular weight excluding hydrogens is 383 g/mol. The highest BCUT2D eigenvalue weighted by atomic mass is 35.5. The van der Waals surface area contributed by atoms with Crippen LogP contribution in [-0.4, -0.2) is 55.1 Å². The number of carbonyl (C=O) groups is 1. The van der Waals surface area contributed by atoms with E-state index in [1.165, 1.54) is 29.3 Å². The van der Waals surface area contributed by atoms with E-state index in [1.54, 1.807) is 4.90 Å². The monoisotopic (exact) mass is 404 g/mol. The predicted molar refractivity (Wildman–Crippen MR) is 104 cm³/mol. The third kappa shape index (κ3) is 4.39. The molecule has 1 saturated heterocycles. The minimum Gasteiger partial charge on any atom is -0.493 e. The molecule has 0 aliphatic carbocycles. The highest BCUT2D eigenvalue weighted by Crippen LogP contribution is 2.27. The van der Waals surface area contributed by atoms with E-state index in [-0.39, 0.29) is 17.5 Å². The summed E-state index contributed by atoms with van der Waals surface area (Å²) in [4.78, 5) is 16.5. The van der Waals surface area contributed by atoms with Crippen LogP contribution in [0.1, 0.15) is 11.1 Å². The van der Waals surface area contributed by atoms with E-state index in [0.717, 1.165) is 38.4 Å². The molecule has 4 rings (SSSR count). The summed E-state index contributed by atoms with van der Waals surface area (Å²) >= 11 is 5.93. The van der Waals surface area contributed by atoms with Crippen LogP contribution in [-0.2, 0) is 17.8 Å². The fraction of sp³-hybridized carbons (Fsp3) is 0.381. The summed E-state index contributed by atoms with van der Waals surface area (Å²) in [5.41, 5.74) is 2.56. The second-order valence-electron chi connectivity index (χ2n) is 7.06. The highest BCUT2D eigenvalue weighted by Gasteiger charge is 2.22. The molecule has 0 bridgehead atoms. The van der Waals surface area contributed by atoms with Gasteiger partial charge in [0.2, 0.25) is 0 Å². The fourth-order valence-corrected chi connectivity index (χ4v) is 3.80. The SMILES string of the molecule is O=C(COc1ccc(F)cc1Cl)N1CCN(Cc2ccc3c(c2)CCO3)CC1. The van der Waals surface area contributed by atoms with Gasteiger partial charge in [-0.1, -0.05) is 23.7 Å². The molecule has 0 spiro atoms. The second-order valence-corrected chi connectivity index (χ2v) is 7.47. The molecule has 148 valence electrons. The summed E-state index contributed by atoms with van der Waals surface area (Å²) in [7, 11) is 0. The van der Waals surface area contributed by atoms with Crippen molar-refractivity contribution in [2.24, 2.45) is 0 Å². The van der Waals surface area contributed by atoms with Crippen LogP contribution in [0.5, 0.6) is 11.5 Å². The van der Waals surface area contributed by atoms with Crippen molar-refractivity contribution in [3.05, 3.63) is 58.4 Å². The Hall–Kier alpha value is -2.31. The molecule has 2 aromatic carbocycles. The van der Waals surface area contributed by atoms with Crippen molar-refractivity contribution in [2.75, 3.05) is 39.4 Å². The Balaban J connectivity index is 1.25. The lowest BCUT2D eigenvalue weighted by Crippen LogP contribution is -2.49. The van der Waals surface area contributed by atoms with Gasteiger partial charge in [0.15, 0.2) is 6.61 Å². The van der Waals surface area contributed by atoms with Crippen LogP contribution in [0.2, 0.25) is 5.02 Å². The van der Waals surface area contributed by atoms with Gasteiger partial charge >= 0.3 is 0 Å². The Labute approximate surface area is 168 Å². The summed E-state index contributed by atoms with van der Waals surface area (Å²) in [5, 5.41) is 0.164. The first-order chi connectivity index (χ1) is 13.6. The number of halogens is 2. The summed E-state index contributed by atoms with van der Waals surface area (Å²) in [6.07, 6.45) is 0.976. The molecule has 1 amide bonds. The molecule has 0 atom stereocenters. The smallest absolute Gasteiger partial charge is 0.260 e. The van der Waals surface area contributed by atoms with Gasteiger partial charge < -0.3 is 14.4 Å². The molecule has 2 aliphatic heterocycles. The average Bonchev–Trinajstić information content (AvgIpc) is 3.15. The zero-order valence-electron chi connectivity index (χ0n) is 15.5. The maximum absolute atomic E-state index is 13.1. The molecule has 0 unspecified atom stereocenters. The molecule has 7 heteroatoms. The first kappa shape index (κ1) is 19.0. The zero-order chi connectivity index (χ0) is 19.5. The third-order valence-corrected chi connectivity index (χ3v) is 5.43. The second kappa shape index (κ2) is 8.37. The van der Waals surface area contributed by atoms with Crippen LogP contribution >= 0.6 is 11.6 Å². The standard InChI is InChI=1S/C21H22ClFN2O3/c22-18-12-17(23)2-4-20(18)28-14-21(26)25-8-6-24(7-9-25)13-15-1-3-19-16(11-15)5-10-27-19/h1-4,11-12H,5-10,13-14H2. The minimum absolute atomic E-state index is 0.0882. The van der Waals surface area contributed by atoms with E-state index in [9.17, 15) is 9.18 Å². The fourth-order valence-electron chi connectivity index (χ4n) is 3.57. The molecule has 0 saturated carbocycles. The molecule has 2 aromatic rings. The Kier molecular flexibility index (Phi) is 5.69. The third-order valence-electron chi connectivity index (χ3n) is 5.13. The lowest BCUT2D eigenvalue weighted by Gasteiger charge is -2.34. The Bertz CT molecular complexity index is 869. The van der Waals surface area contributed by atoms with Crippen molar-refractivity contribution in [3.63, 3.8) is 0 Å². The quantitative estimate of drug-likeness (QED) is 0.767. The van der Waals surface area contributed by atoms with Crippen molar-refractivity contribution in [1.82, 2.24) is 9.80 Å². The molecule has 0 N–H and O–H groups in total. The van der Waals surface area contributed by atoms with Crippen LogP contribution in [0, 0.1) is 5.82 Å². The number of benzene rings is 2. The van der Waals surface area contributed by atoms with Gasteiger partial charge in [-0.3, -0.25) is 9.69 Å². The first-order valence-corrected chi connectivity index (χ1v) is 9.79. The number of hydrogen-bond donors (Lipinski definition) is 0. The van der Waals surface area contributed by atoms with E-state index in [0.29, 0.717) is 18.8 Å². The highest BCUT2D eigenvalue weighted by molar-refractivity contribution is 6.32. The van der Waals surface area contributed by atoms with Gasteiger partial charge in [0.05, 0.1) is 11.6 Å². The van der Waals surface area contributed by atoms with Crippen molar-refractivity contribution in [2.45, 2.75) is 13.0 Å². The molecule has 0 aromatic heterocycles. The van der Waals surface area contributed by atoms with Gasteiger partial charge in [0.25, 0.3) is 5.91 Å². The number of nitrogens with zero attached hydrogens (tertiary/aromatic N) is 2. The van der Waals surface area contributed by atoms with E-state index in [1.807, 2.05) is 0 Å². The van der Waals surface area contributed by atoms with E-state index >= 15 is 0 Å². The normalized spacial score (nSPS) is 16.6.